The molecule has 10 nitrogen and oxygen atoms in total. The van der Waals surface area contributed by atoms with Crippen molar-refractivity contribution in [3.63, 3.8) is 0 Å². The number of rotatable bonds is 11. The summed E-state index contributed by atoms with van der Waals surface area (Å²) in [6.07, 6.45) is 3.81. The number of allylic oxidation sites excluding steroid dienone is 3. The summed E-state index contributed by atoms with van der Waals surface area (Å²) in [4.78, 5) is 39.6. The van der Waals surface area contributed by atoms with E-state index in [1.54, 1.807) is 30.3 Å². The number of carboxylic acid groups (broad SMARTS) is 1. The summed E-state index contributed by atoms with van der Waals surface area (Å²) < 4.78 is 5.38. The van der Waals surface area contributed by atoms with Crippen LogP contribution in [0.25, 0.3) is 5.57 Å². The first-order valence-corrected chi connectivity index (χ1v) is 12.9. The lowest BCUT2D eigenvalue weighted by Gasteiger charge is -2.31. The molecule has 0 radical (unpaired) electrons. The van der Waals surface area contributed by atoms with E-state index >= 15 is 0 Å². The molecular formula is C26H30Cl2N4O6. The molecule has 1 aliphatic heterocycles. The standard InChI is InChI=1S/C26H30Cl2N4O6/c27-18-2-1-3-19(28)23(18)25(35)31-20(26(36)37)14-16-4-6-17(7-5-16)22(24(34)30-8-11-33)21(15-29)32-9-12-38-13-10-32/h2,4-7,15,20,29,33H,1,3,8-14H2,(H,30,34)(H,31,35)(H,36,37)/b22-21+,29-15?. The Kier molecular flexibility index (Phi) is 10.9. The van der Waals surface area contributed by atoms with Crippen LogP contribution in [0.15, 0.2) is 51.7 Å². The van der Waals surface area contributed by atoms with Crippen molar-refractivity contribution in [3.8, 4) is 0 Å². The third kappa shape index (κ3) is 7.44. The Morgan fingerprint density at radius 1 is 1.16 bits per heavy atom. The number of halogens is 2. The molecule has 204 valence electrons. The molecule has 0 saturated carbocycles. The lowest BCUT2D eigenvalue weighted by atomic mass is 9.98. The van der Waals surface area contributed by atoms with Gasteiger partial charge in [0.1, 0.15) is 6.04 Å². The molecule has 0 bridgehead atoms. The van der Waals surface area contributed by atoms with Gasteiger partial charge >= 0.3 is 5.97 Å². The average Bonchev–Trinajstić information content (AvgIpc) is 2.90. The van der Waals surface area contributed by atoms with Crippen LogP contribution in [0.2, 0.25) is 0 Å². The molecular weight excluding hydrogens is 535 g/mol. The van der Waals surface area contributed by atoms with E-state index in [0.29, 0.717) is 56.0 Å². The maximum absolute atomic E-state index is 13.0. The largest absolute Gasteiger partial charge is 0.480 e. The molecule has 1 fully saturated rings. The number of carbonyl (C=O) groups is 3. The molecule has 12 heteroatoms. The van der Waals surface area contributed by atoms with E-state index in [4.69, 9.17) is 38.5 Å². The van der Waals surface area contributed by atoms with Crippen LogP contribution in [0.3, 0.4) is 0 Å². The third-order valence-electron chi connectivity index (χ3n) is 6.08. The summed E-state index contributed by atoms with van der Waals surface area (Å²) in [6, 6.07) is 5.40. The fourth-order valence-electron chi connectivity index (χ4n) is 4.17. The lowest BCUT2D eigenvalue weighted by Crippen LogP contribution is -2.43. The molecule has 3 rings (SSSR count). The monoisotopic (exact) mass is 564 g/mol. The average molecular weight is 565 g/mol. The smallest absolute Gasteiger partial charge is 0.326 e. The molecule has 38 heavy (non-hydrogen) atoms. The number of hydrogen-bond acceptors (Lipinski definition) is 7. The highest BCUT2D eigenvalue weighted by atomic mass is 35.5. The Balaban J connectivity index is 1.84. The normalized spacial score (nSPS) is 17.2. The molecule has 1 aromatic carbocycles. The minimum Gasteiger partial charge on any atom is -0.480 e. The number of ether oxygens (including phenoxy) is 1. The van der Waals surface area contributed by atoms with Crippen molar-refractivity contribution in [2.75, 3.05) is 39.5 Å². The predicted molar refractivity (Wildman–Crippen MR) is 144 cm³/mol. The van der Waals surface area contributed by atoms with E-state index in [-0.39, 0.29) is 40.8 Å². The number of nitrogens with zero attached hydrogens (tertiary/aromatic N) is 1. The van der Waals surface area contributed by atoms with Gasteiger partial charge in [0.05, 0.1) is 41.7 Å². The van der Waals surface area contributed by atoms with Crippen LogP contribution in [-0.2, 0) is 25.5 Å². The molecule has 1 atom stereocenters. The van der Waals surface area contributed by atoms with Gasteiger partial charge < -0.3 is 35.9 Å². The van der Waals surface area contributed by atoms with Crippen LogP contribution < -0.4 is 10.6 Å². The van der Waals surface area contributed by atoms with Gasteiger partial charge in [-0.15, -0.1) is 0 Å². The van der Waals surface area contributed by atoms with Crippen molar-refractivity contribution in [1.29, 1.82) is 5.41 Å². The Hall–Kier alpha value is -3.18. The van der Waals surface area contributed by atoms with Crippen molar-refractivity contribution < 1.29 is 29.3 Å². The molecule has 1 aromatic rings. The summed E-state index contributed by atoms with van der Waals surface area (Å²) in [5, 5.41) is 32.5. The van der Waals surface area contributed by atoms with Gasteiger partial charge in [-0.1, -0.05) is 53.5 Å². The molecule has 2 amide bonds. The van der Waals surface area contributed by atoms with E-state index in [2.05, 4.69) is 10.6 Å². The van der Waals surface area contributed by atoms with Gasteiger partial charge in [-0.2, -0.15) is 0 Å². The molecule has 1 saturated heterocycles. The Bertz CT molecular complexity index is 1160. The highest BCUT2D eigenvalue weighted by Gasteiger charge is 2.27. The Morgan fingerprint density at radius 3 is 2.42 bits per heavy atom. The zero-order valence-corrected chi connectivity index (χ0v) is 22.1. The van der Waals surface area contributed by atoms with E-state index < -0.39 is 23.8 Å². The van der Waals surface area contributed by atoms with E-state index in [0.717, 1.165) is 6.21 Å². The van der Waals surface area contributed by atoms with Gasteiger partial charge in [0.25, 0.3) is 11.8 Å². The first-order valence-electron chi connectivity index (χ1n) is 12.1. The summed E-state index contributed by atoms with van der Waals surface area (Å²) >= 11 is 12.3. The maximum atomic E-state index is 13.0. The van der Waals surface area contributed by atoms with Gasteiger partial charge in [0, 0.05) is 37.3 Å². The summed E-state index contributed by atoms with van der Waals surface area (Å²) in [7, 11) is 0. The van der Waals surface area contributed by atoms with Crippen LogP contribution >= 0.6 is 23.2 Å². The number of carboxylic acids is 1. The quantitative estimate of drug-likeness (QED) is 0.203. The molecule has 1 aliphatic carbocycles. The lowest BCUT2D eigenvalue weighted by molar-refractivity contribution is -0.141. The van der Waals surface area contributed by atoms with Gasteiger partial charge in [-0.25, -0.2) is 4.79 Å². The van der Waals surface area contributed by atoms with Crippen molar-refractivity contribution in [2.45, 2.75) is 25.3 Å². The number of hydrogen-bond donors (Lipinski definition) is 5. The summed E-state index contributed by atoms with van der Waals surface area (Å²) in [6.45, 7) is 1.77. The van der Waals surface area contributed by atoms with Crippen molar-refractivity contribution in [3.05, 3.63) is 62.8 Å². The van der Waals surface area contributed by atoms with E-state index in [1.165, 1.54) is 0 Å². The fourth-order valence-corrected chi connectivity index (χ4v) is 4.82. The number of nitrogens with one attached hydrogen (secondary N) is 3. The second-order valence-corrected chi connectivity index (χ2v) is 9.48. The number of morpholine rings is 1. The molecule has 0 spiro atoms. The number of benzene rings is 1. The molecule has 1 heterocycles. The van der Waals surface area contributed by atoms with Crippen molar-refractivity contribution in [2.24, 2.45) is 0 Å². The van der Waals surface area contributed by atoms with Crippen molar-refractivity contribution in [1.82, 2.24) is 15.5 Å². The van der Waals surface area contributed by atoms with E-state index in [9.17, 15) is 19.5 Å². The van der Waals surface area contributed by atoms with Gasteiger partial charge in [-0.3, -0.25) is 9.59 Å². The minimum absolute atomic E-state index is 0.0236. The number of aliphatic hydroxyl groups is 1. The van der Waals surface area contributed by atoms with Crippen LogP contribution in [-0.4, -0.2) is 84.6 Å². The van der Waals surface area contributed by atoms with Gasteiger partial charge in [0.2, 0.25) is 0 Å². The number of aliphatic carboxylic acids is 1. The first-order chi connectivity index (χ1) is 18.3. The predicted octanol–water partition coefficient (Wildman–Crippen LogP) is 2.01. The Morgan fingerprint density at radius 2 is 1.84 bits per heavy atom. The minimum atomic E-state index is -1.25. The van der Waals surface area contributed by atoms with Crippen LogP contribution in [0.5, 0.6) is 0 Å². The summed E-state index contributed by atoms with van der Waals surface area (Å²) in [5.74, 6) is -2.33. The molecule has 0 aromatic heterocycles. The van der Waals surface area contributed by atoms with Crippen molar-refractivity contribution >= 4 is 52.8 Å². The van der Waals surface area contributed by atoms with Crippen LogP contribution in [0, 0.1) is 5.41 Å². The highest BCUT2D eigenvalue weighted by Crippen LogP contribution is 2.30. The Labute approximate surface area is 230 Å². The zero-order chi connectivity index (χ0) is 27.7. The molecule has 1 unspecified atom stereocenters. The molecule has 5 N–H and O–H groups in total. The third-order valence-corrected chi connectivity index (χ3v) is 6.80. The van der Waals surface area contributed by atoms with Crippen LogP contribution in [0.4, 0.5) is 0 Å². The second-order valence-electron chi connectivity index (χ2n) is 8.62. The summed E-state index contributed by atoms with van der Waals surface area (Å²) in [5.41, 5.74) is 1.86. The number of carbonyl (C=O) groups excluding carboxylic acids is 2. The topological polar surface area (TPSA) is 152 Å². The zero-order valence-electron chi connectivity index (χ0n) is 20.6. The van der Waals surface area contributed by atoms with E-state index in [1.807, 2.05) is 4.90 Å². The number of amides is 2. The maximum Gasteiger partial charge on any atom is 0.326 e. The highest BCUT2D eigenvalue weighted by molar-refractivity contribution is 6.40. The SMILES string of the molecule is N=C/C(=C(\C(=O)NCCO)c1ccc(CC(NC(=O)C2=C(Cl)CCC=C2Cl)C(=O)O)cc1)N1CCOCC1. The van der Waals surface area contributed by atoms with Gasteiger partial charge in [-0.05, 0) is 24.0 Å². The fraction of sp³-hybridized carbons (Fsp3) is 0.385. The molecule has 2 aliphatic rings. The van der Waals surface area contributed by atoms with Crippen LogP contribution in [0.1, 0.15) is 24.0 Å². The first kappa shape index (κ1) is 29.4. The second kappa shape index (κ2) is 14.1. The van der Waals surface area contributed by atoms with Gasteiger partial charge in [0.15, 0.2) is 0 Å². The number of aliphatic hydroxyl groups excluding tert-OH is 1.